The fourth-order valence-electron chi connectivity index (χ4n) is 1.64. The van der Waals surface area contributed by atoms with E-state index in [9.17, 15) is 0 Å². The second kappa shape index (κ2) is 2.36. The molecule has 1 aliphatic rings. The maximum atomic E-state index is 8.87. The number of aliphatic imine (C=N–C) groups is 1. The van der Waals surface area contributed by atoms with Crippen molar-refractivity contribution in [2.45, 2.75) is 0 Å². The van der Waals surface area contributed by atoms with Crippen LogP contribution in [0.15, 0.2) is 29.6 Å². The number of rotatable bonds is 0. The maximum absolute atomic E-state index is 8.87. The van der Waals surface area contributed by atoms with E-state index in [0.717, 1.165) is 22.2 Å². The first-order valence-corrected chi connectivity index (χ1v) is 4.12. The van der Waals surface area contributed by atoms with Crippen molar-refractivity contribution in [2.75, 3.05) is 0 Å². The number of hydrogen-bond donors (Lipinski definition) is 0. The molecule has 0 saturated carbocycles. The molecule has 14 heavy (non-hydrogen) atoms. The highest BCUT2D eigenvalue weighted by atomic mass is 14.8. The van der Waals surface area contributed by atoms with E-state index in [1.165, 1.54) is 0 Å². The van der Waals surface area contributed by atoms with Crippen LogP contribution in [0.4, 0.5) is 5.69 Å². The van der Waals surface area contributed by atoms with E-state index in [-0.39, 0.29) is 0 Å². The Morgan fingerprint density at radius 2 is 2.21 bits per heavy atom. The van der Waals surface area contributed by atoms with Crippen LogP contribution < -0.4 is 0 Å². The van der Waals surface area contributed by atoms with Gasteiger partial charge in [-0.2, -0.15) is 5.26 Å². The lowest BCUT2D eigenvalue weighted by molar-refractivity contribution is 1.31. The molecule has 3 heterocycles. The van der Waals surface area contributed by atoms with Crippen LogP contribution in [0.3, 0.4) is 0 Å². The number of pyridine rings is 2. The van der Waals surface area contributed by atoms with Gasteiger partial charge in [-0.15, -0.1) is 0 Å². The van der Waals surface area contributed by atoms with Crippen LogP contribution in [0.5, 0.6) is 0 Å². The fraction of sp³-hybridized carbons (Fsp3) is 0. The molecule has 2 aromatic rings. The Morgan fingerprint density at radius 3 is 3.07 bits per heavy atom. The van der Waals surface area contributed by atoms with Gasteiger partial charge in [0.2, 0.25) is 0 Å². The topological polar surface area (TPSA) is 61.9 Å². The summed E-state index contributed by atoms with van der Waals surface area (Å²) in [5.41, 5.74) is 2.83. The molecule has 0 N–H and O–H groups in total. The van der Waals surface area contributed by atoms with Gasteiger partial charge in [-0.1, -0.05) is 0 Å². The number of aromatic nitrogens is 2. The molecule has 64 valence electrons. The molecule has 0 saturated heterocycles. The van der Waals surface area contributed by atoms with Crippen LogP contribution in [-0.4, -0.2) is 15.7 Å². The van der Waals surface area contributed by atoms with Crippen LogP contribution in [0, 0.1) is 11.3 Å². The first-order chi connectivity index (χ1) is 6.90. The van der Waals surface area contributed by atoms with Crippen LogP contribution in [0.1, 0.15) is 5.56 Å². The Labute approximate surface area is 79.6 Å². The Kier molecular flexibility index (Phi) is 1.21. The first kappa shape index (κ1) is 7.15. The van der Waals surface area contributed by atoms with Gasteiger partial charge in [-0.05, 0) is 6.07 Å². The third kappa shape index (κ3) is 0.735. The highest BCUT2D eigenvalue weighted by Crippen LogP contribution is 2.32. The predicted octanol–water partition coefficient (Wildman–Crippen LogP) is 1.59. The van der Waals surface area contributed by atoms with Gasteiger partial charge >= 0.3 is 0 Å². The maximum Gasteiger partial charge on any atom is 0.149 e. The minimum absolute atomic E-state index is 0.445. The summed E-state index contributed by atoms with van der Waals surface area (Å²) in [4.78, 5) is 12.3. The Balaban J connectivity index is 2.54. The Bertz CT molecular complexity index is 602. The lowest BCUT2D eigenvalue weighted by atomic mass is 10.1. The van der Waals surface area contributed by atoms with E-state index in [0.29, 0.717) is 5.71 Å². The average Bonchev–Trinajstić information content (AvgIpc) is 2.60. The molecule has 0 radical (unpaired) electrons. The molecule has 0 spiro atoms. The van der Waals surface area contributed by atoms with Gasteiger partial charge in [0.1, 0.15) is 11.8 Å². The molecule has 0 amide bonds. The quantitative estimate of drug-likeness (QED) is 0.618. The van der Waals surface area contributed by atoms with Crippen molar-refractivity contribution in [1.82, 2.24) is 9.97 Å². The summed E-state index contributed by atoms with van der Waals surface area (Å²) in [6, 6.07) is 3.87. The average molecular weight is 180 g/mol. The number of nitriles is 1. The summed E-state index contributed by atoms with van der Waals surface area (Å²) < 4.78 is 0. The van der Waals surface area contributed by atoms with Gasteiger partial charge < -0.3 is 0 Å². The van der Waals surface area contributed by atoms with E-state index in [1.807, 2.05) is 0 Å². The second-order valence-corrected chi connectivity index (χ2v) is 2.98. The molecule has 3 rings (SSSR count). The molecule has 0 aliphatic carbocycles. The molecular weight excluding hydrogens is 176 g/mol. The summed E-state index contributed by atoms with van der Waals surface area (Å²) in [5.74, 6) is 0. The largest absolute Gasteiger partial charge is 0.260 e. The van der Waals surface area contributed by atoms with Crippen LogP contribution in [0.25, 0.3) is 10.9 Å². The van der Waals surface area contributed by atoms with E-state index in [1.54, 1.807) is 24.7 Å². The van der Waals surface area contributed by atoms with Gasteiger partial charge in [0, 0.05) is 17.1 Å². The highest BCUT2D eigenvalue weighted by Gasteiger charge is 2.18. The normalized spacial score (nSPS) is 12.6. The number of hydrogen-bond acceptors (Lipinski definition) is 4. The van der Waals surface area contributed by atoms with Crippen molar-refractivity contribution in [1.29, 1.82) is 5.26 Å². The summed E-state index contributed by atoms with van der Waals surface area (Å²) in [6.07, 6.45) is 5.00. The number of nitrogens with zero attached hydrogens (tertiary/aromatic N) is 4. The van der Waals surface area contributed by atoms with E-state index >= 15 is 0 Å². The van der Waals surface area contributed by atoms with Crippen LogP contribution in [-0.2, 0) is 0 Å². The molecule has 0 unspecified atom stereocenters. The smallest absolute Gasteiger partial charge is 0.149 e. The van der Waals surface area contributed by atoms with Crippen molar-refractivity contribution in [3.8, 4) is 6.07 Å². The lowest BCUT2D eigenvalue weighted by Gasteiger charge is -1.96. The molecule has 0 bridgehead atoms. The Morgan fingerprint density at radius 1 is 1.29 bits per heavy atom. The van der Waals surface area contributed by atoms with E-state index < -0.39 is 0 Å². The Hall–Kier alpha value is -2.28. The van der Waals surface area contributed by atoms with Crippen molar-refractivity contribution in [3.63, 3.8) is 0 Å². The van der Waals surface area contributed by atoms with Crippen LogP contribution >= 0.6 is 0 Å². The minimum atomic E-state index is 0.445. The summed E-state index contributed by atoms with van der Waals surface area (Å²) >= 11 is 0. The fourth-order valence-corrected chi connectivity index (χ4v) is 1.64. The van der Waals surface area contributed by atoms with Crippen molar-refractivity contribution in [2.24, 2.45) is 4.99 Å². The monoisotopic (exact) mass is 180 g/mol. The molecule has 1 aliphatic heterocycles. The summed E-state index contributed by atoms with van der Waals surface area (Å²) in [6.45, 7) is 0. The zero-order valence-electron chi connectivity index (χ0n) is 7.10. The van der Waals surface area contributed by atoms with Gasteiger partial charge in [-0.25, -0.2) is 4.99 Å². The second-order valence-electron chi connectivity index (χ2n) is 2.98. The molecule has 0 atom stereocenters. The SMILES string of the molecule is N#CC1=Nc2cncc3nccc1c23. The zero-order chi connectivity index (χ0) is 9.54. The van der Waals surface area contributed by atoms with Crippen molar-refractivity contribution >= 4 is 22.3 Å². The van der Waals surface area contributed by atoms with Crippen molar-refractivity contribution < 1.29 is 0 Å². The standard InChI is InChI=1S/C10H4N4/c11-3-7-6-1-2-13-8-4-12-5-9(14-7)10(6)8/h1-2,4-5H. The molecule has 0 aromatic carbocycles. The van der Waals surface area contributed by atoms with Gasteiger partial charge in [-0.3, -0.25) is 9.97 Å². The third-order valence-electron chi connectivity index (χ3n) is 2.22. The summed E-state index contributed by atoms with van der Waals surface area (Å²) in [7, 11) is 0. The lowest BCUT2D eigenvalue weighted by Crippen LogP contribution is -1.92. The molecule has 4 nitrogen and oxygen atoms in total. The predicted molar refractivity (Wildman–Crippen MR) is 51.3 cm³/mol. The van der Waals surface area contributed by atoms with Crippen LogP contribution in [0.2, 0.25) is 0 Å². The van der Waals surface area contributed by atoms with Gasteiger partial charge in [0.05, 0.1) is 23.6 Å². The highest BCUT2D eigenvalue weighted by molar-refractivity contribution is 6.24. The van der Waals surface area contributed by atoms with Crippen molar-refractivity contribution in [3.05, 3.63) is 30.2 Å². The van der Waals surface area contributed by atoms with E-state index in [4.69, 9.17) is 5.26 Å². The summed E-state index contributed by atoms with van der Waals surface area (Å²) in [5, 5.41) is 9.80. The van der Waals surface area contributed by atoms with Gasteiger partial charge in [0.25, 0.3) is 0 Å². The zero-order valence-corrected chi connectivity index (χ0v) is 7.10. The molecular formula is C10H4N4. The minimum Gasteiger partial charge on any atom is -0.260 e. The molecule has 4 heteroatoms. The third-order valence-corrected chi connectivity index (χ3v) is 2.22. The first-order valence-electron chi connectivity index (χ1n) is 4.12. The molecule has 0 fully saturated rings. The van der Waals surface area contributed by atoms with Gasteiger partial charge in [0.15, 0.2) is 0 Å². The molecule has 2 aromatic heterocycles. The van der Waals surface area contributed by atoms with E-state index in [2.05, 4.69) is 21.0 Å².